The number of imidazole rings is 1. The van der Waals surface area contributed by atoms with Crippen LogP contribution in [0.2, 0.25) is 0 Å². The molecule has 10 heteroatoms. The van der Waals surface area contributed by atoms with Crippen molar-refractivity contribution in [2.75, 3.05) is 30.8 Å². The van der Waals surface area contributed by atoms with Gasteiger partial charge in [-0.25, -0.2) is 18.2 Å². The maximum Gasteiger partial charge on any atom is 0.326 e. The number of carbonyl (C=O) groups excluding carboxylic acids is 1. The van der Waals surface area contributed by atoms with Gasteiger partial charge in [0, 0.05) is 54.8 Å². The number of amides is 1. The third-order valence-corrected chi connectivity index (χ3v) is 7.58. The van der Waals surface area contributed by atoms with Crippen molar-refractivity contribution >= 4 is 21.6 Å². The lowest BCUT2D eigenvalue weighted by atomic mass is 9.99. The predicted octanol–water partition coefficient (Wildman–Crippen LogP) is 3.93. The molecule has 0 radical (unpaired) electrons. The molecule has 9 nitrogen and oxygen atoms in total. The Morgan fingerprint density at radius 1 is 1.08 bits per heavy atom. The van der Waals surface area contributed by atoms with E-state index in [-0.39, 0.29) is 23.3 Å². The van der Waals surface area contributed by atoms with Crippen molar-refractivity contribution in [2.45, 2.75) is 11.5 Å². The number of phenolic OH excluding ortho intramolecular Hbond substituents is 1. The van der Waals surface area contributed by atoms with E-state index in [1.807, 2.05) is 30.3 Å². The summed E-state index contributed by atoms with van der Waals surface area (Å²) >= 11 is 0. The molecular weight excluding hydrogens is 504 g/mol. The minimum absolute atomic E-state index is 0.0500. The monoisotopic (exact) mass is 532 g/mol. The van der Waals surface area contributed by atoms with E-state index in [4.69, 9.17) is 4.74 Å². The van der Waals surface area contributed by atoms with E-state index in [1.165, 1.54) is 34.8 Å². The summed E-state index contributed by atoms with van der Waals surface area (Å²) < 4.78 is 30.4. The molecule has 0 unspecified atom stereocenters. The first-order valence-electron chi connectivity index (χ1n) is 12.1. The lowest BCUT2D eigenvalue weighted by molar-refractivity contribution is 0.238. The van der Waals surface area contributed by atoms with Crippen molar-refractivity contribution in [1.82, 2.24) is 14.9 Å². The molecule has 1 fully saturated rings. The molecule has 5 rings (SSSR count). The number of anilines is 1. The highest BCUT2D eigenvalue weighted by atomic mass is 32.2. The van der Waals surface area contributed by atoms with Crippen LogP contribution in [0, 0.1) is 5.92 Å². The Balaban J connectivity index is 1.11. The molecule has 0 spiro atoms. The van der Waals surface area contributed by atoms with E-state index < -0.39 is 9.84 Å². The number of nitrogens with one attached hydrogen (secondary N) is 1. The topological polar surface area (TPSA) is 114 Å². The minimum atomic E-state index is -3.40. The van der Waals surface area contributed by atoms with Crippen LogP contribution in [0.25, 0.3) is 11.3 Å². The number of ether oxygens (including phenoxy) is 1. The van der Waals surface area contributed by atoms with Gasteiger partial charge in [0.2, 0.25) is 0 Å². The van der Waals surface area contributed by atoms with Gasteiger partial charge in [-0.05, 0) is 48.5 Å². The van der Waals surface area contributed by atoms with Crippen LogP contribution < -0.4 is 15.0 Å². The van der Waals surface area contributed by atoms with Gasteiger partial charge in [0.25, 0.3) is 0 Å². The molecule has 196 valence electrons. The molecule has 0 saturated carbocycles. The van der Waals surface area contributed by atoms with Crippen LogP contribution >= 0.6 is 0 Å². The number of aromatic nitrogens is 2. The second kappa shape index (κ2) is 10.6. The summed E-state index contributed by atoms with van der Waals surface area (Å²) in [7, 11) is -3.40. The summed E-state index contributed by atoms with van der Waals surface area (Å²) in [6, 6.07) is 21.4. The van der Waals surface area contributed by atoms with Crippen LogP contribution in [-0.4, -0.2) is 55.0 Å². The SMILES string of the molecule is CS(=O)(=O)c1ccc(COc2ccc(-c3cn(C(=O)NCC4CN(c5ccccc5)C4)cn3)cc2)c(O)c1. The number of sulfone groups is 1. The van der Waals surface area contributed by atoms with Crippen molar-refractivity contribution < 1.29 is 23.1 Å². The van der Waals surface area contributed by atoms with Crippen LogP contribution in [0.5, 0.6) is 11.5 Å². The average molecular weight is 533 g/mol. The van der Waals surface area contributed by atoms with E-state index in [9.17, 15) is 18.3 Å². The molecule has 2 heterocycles. The molecule has 0 bridgehead atoms. The van der Waals surface area contributed by atoms with Crippen molar-refractivity contribution in [3.05, 3.63) is 90.9 Å². The number of para-hydroxylation sites is 1. The van der Waals surface area contributed by atoms with Crippen LogP contribution in [-0.2, 0) is 16.4 Å². The number of rotatable bonds is 8. The second-order valence-electron chi connectivity index (χ2n) is 9.33. The molecular formula is C28H28N4O5S. The molecule has 4 aromatic rings. The van der Waals surface area contributed by atoms with Gasteiger partial charge in [-0.1, -0.05) is 24.3 Å². The molecule has 1 amide bonds. The first kappa shape index (κ1) is 25.3. The van der Waals surface area contributed by atoms with E-state index >= 15 is 0 Å². The fraction of sp³-hybridized carbons (Fsp3) is 0.214. The van der Waals surface area contributed by atoms with E-state index in [2.05, 4.69) is 27.3 Å². The Labute approximate surface area is 221 Å². The molecule has 38 heavy (non-hydrogen) atoms. The third-order valence-electron chi connectivity index (χ3n) is 6.47. The summed E-state index contributed by atoms with van der Waals surface area (Å²) in [5.41, 5.74) is 3.15. The maximum atomic E-state index is 12.6. The fourth-order valence-corrected chi connectivity index (χ4v) is 4.87. The van der Waals surface area contributed by atoms with Gasteiger partial charge in [-0.15, -0.1) is 0 Å². The van der Waals surface area contributed by atoms with Gasteiger partial charge >= 0.3 is 6.03 Å². The predicted molar refractivity (Wildman–Crippen MR) is 144 cm³/mol. The van der Waals surface area contributed by atoms with Gasteiger partial charge in [-0.3, -0.25) is 4.57 Å². The Morgan fingerprint density at radius 2 is 1.82 bits per heavy atom. The average Bonchev–Trinajstić information content (AvgIpc) is 3.38. The van der Waals surface area contributed by atoms with E-state index in [0.29, 0.717) is 29.5 Å². The zero-order valence-corrected chi connectivity index (χ0v) is 21.6. The zero-order valence-electron chi connectivity index (χ0n) is 20.8. The molecule has 1 saturated heterocycles. The molecule has 0 atom stereocenters. The lowest BCUT2D eigenvalue weighted by Crippen LogP contribution is -2.51. The summed E-state index contributed by atoms with van der Waals surface area (Å²) in [6.45, 7) is 2.52. The van der Waals surface area contributed by atoms with Crippen molar-refractivity contribution in [1.29, 1.82) is 0 Å². The van der Waals surface area contributed by atoms with E-state index in [0.717, 1.165) is 24.9 Å². The number of hydrogen-bond acceptors (Lipinski definition) is 7. The Bertz CT molecular complexity index is 1530. The first-order chi connectivity index (χ1) is 18.3. The highest BCUT2D eigenvalue weighted by Gasteiger charge is 2.27. The second-order valence-corrected chi connectivity index (χ2v) is 11.4. The van der Waals surface area contributed by atoms with Crippen molar-refractivity contribution in [3.63, 3.8) is 0 Å². The summed E-state index contributed by atoms with van der Waals surface area (Å²) in [6.07, 6.45) is 4.27. The molecule has 0 aliphatic carbocycles. The van der Waals surface area contributed by atoms with Gasteiger partial charge < -0.3 is 20.1 Å². The van der Waals surface area contributed by atoms with Crippen LogP contribution in [0.4, 0.5) is 10.5 Å². The number of phenols is 1. The summed E-state index contributed by atoms with van der Waals surface area (Å²) in [5.74, 6) is 0.843. The number of nitrogens with zero attached hydrogens (tertiary/aromatic N) is 3. The summed E-state index contributed by atoms with van der Waals surface area (Å²) in [5, 5.41) is 13.1. The minimum Gasteiger partial charge on any atom is -0.507 e. The molecule has 1 aliphatic heterocycles. The Kier molecular flexibility index (Phi) is 7.06. The normalized spacial score (nSPS) is 13.7. The standard InChI is InChI=1S/C28H28N4O5S/c1-38(35,36)25-12-9-22(27(33)13-25)18-37-24-10-7-21(8-11-24)26-17-32(19-30-26)28(34)29-14-20-15-31(16-20)23-5-3-2-4-6-23/h2-13,17,19-20,33H,14-16,18H2,1H3,(H,29,34). The molecule has 3 aromatic carbocycles. The Morgan fingerprint density at radius 3 is 2.50 bits per heavy atom. The Hall–Kier alpha value is -4.31. The smallest absolute Gasteiger partial charge is 0.326 e. The van der Waals surface area contributed by atoms with Crippen molar-refractivity contribution in [2.24, 2.45) is 5.92 Å². The first-order valence-corrected chi connectivity index (χ1v) is 14.0. The highest BCUT2D eigenvalue weighted by Crippen LogP contribution is 2.26. The maximum absolute atomic E-state index is 12.6. The molecule has 2 N–H and O–H groups in total. The van der Waals surface area contributed by atoms with Crippen molar-refractivity contribution in [3.8, 4) is 22.8 Å². The number of hydrogen-bond donors (Lipinski definition) is 2. The van der Waals surface area contributed by atoms with Crippen LogP contribution in [0.3, 0.4) is 0 Å². The van der Waals surface area contributed by atoms with Gasteiger partial charge in [0.15, 0.2) is 9.84 Å². The fourth-order valence-electron chi connectivity index (χ4n) is 4.23. The van der Waals surface area contributed by atoms with Crippen LogP contribution in [0.15, 0.2) is 90.2 Å². The number of carbonyl (C=O) groups is 1. The molecule has 1 aromatic heterocycles. The number of aromatic hydroxyl groups is 1. The van der Waals surface area contributed by atoms with Crippen LogP contribution in [0.1, 0.15) is 5.56 Å². The van der Waals surface area contributed by atoms with Gasteiger partial charge in [0.05, 0.1) is 10.6 Å². The zero-order chi connectivity index (χ0) is 26.7. The third kappa shape index (κ3) is 5.81. The largest absolute Gasteiger partial charge is 0.507 e. The molecule has 1 aliphatic rings. The van der Waals surface area contributed by atoms with Gasteiger partial charge in [-0.2, -0.15) is 0 Å². The van der Waals surface area contributed by atoms with E-state index in [1.54, 1.807) is 18.3 Å². The number of benzene rings is 3. The quantitative estimate of drug-likeness (QED) is 0.353. The van der Waals surface area contributed by atoms with Gasteiger partial charge in [0.1, 0.15) is 24.4 Å². The highest BCUT2D eigenvalue weighted by molar-refractivity contribution is 7.90. The lowest BCUT2D eigenvalue weighted by Gasteiger charge is -2.41. The summed E-state index contributed by atoms with van der Waals surface area (Å²) in [4.78, 5) is 19.3.